The number of nitrogens with zero attached hydrogens (tertiary/aromatic N) is 1. The number of piperidine rings is 1. The predicted molar refractivity (Wildman–Crippen MR) is 64.1 cm³/mol. The normalized spacial score (nSPS) is 23.2. The summed E-state index contributed by atoms with van der Waals surface area (Å²) in [7, 11) is 0. The van der Waals surface area contributed by atoms with Crippen molar-refractivity contribution >= 4 is 11.3 Å². The molecule has 0 aliphatic carbocycles. The second-order valence-electron chi connectivity index (χ2n) is 4.45. The molecule has 1 N–H and O–H groups in total. The quantitative estimate of drug-likeness (QED) is 0.853. The average molecular weight is 225 g/mol. The highest BCUT2D eigenvalue weighted by Gasteiger charge is 2.19. The van der Waals surface area contributed by atoms with Crippen molar-refractivity contribution in [2.24, 2.45) is 5.92 Å². The molecule has 1 unspecified atom stereocenters. The number of aliphatic hydroxyl groups is 1. The first-order chi connectivity index (χ1) is 7.29. The Morgan fingerprint density at radius 1 is 1.60 bits per heavy atom. The fourth-order valence-corrected chi connectivity index (χ4v) is 3.16. The summed E-state index contributed by atoms with van der Waals surface area (Å²) in [6, 6.07) is 2.19. The van der Waals surface area contributed by atoms with Gasteiger partial charge in [-0.1, -0.05) is 0 Å². The van der Waals surface area contributed by atoms with E-state index in [1.165, 1.54) is 29.8 Å². The third-order valence-corrected chi connectivity index (χ3v) is 4.20. The molecule has 0 aromatic carbocycles. The summed E-state index contributed by atoms with van der Waals surface area (Å²) in [5.74, 6) is 0.499. The van der Waals surface area contributed by atoms with E-state index >= 15 is 0 Å². The van der Waals surface area contributed by atoms with Crippen molar-refractivity contribution in [2.45, 2.75) is 26.3 Å². The minimum atomic E-state index is 0.347. The number of thiophene rings is 1. The molecule has 1 aromatic rings. The number of rotatable bonds is 3. The Balaban J connectivity index is 1.92. The minimum Gasteiger partial charge on any atom is -0.396 e. The molecule has 1 fully saturated rings. The van der Waals surface area contributed by atoms with Gasteiger partial charge in [-0.15, -0.1) is 11.3 Å². The zero-order valence-corrected chi connectivity index (χ0v) is 10.1. The SMILES string of the molecule is Cc1ccsc1CN1CCCC(CO)C1. The molecule has 2 heterocycles. The van der Waals surface area contributed by atoms with Crippen LogP contribution in [0.1, 0.15) is 23.3 Å². The van der Waals surface area contributed by atoms with Gasteiger partial charge in [0.1, 0.15) is 0 Å². The van der Waals surface area contributed by atoms with Crippen LogP contribution in [0.15, 0.2) is 11.4 Å². The van der Waals surface area contributed by atoms with Crippen LogP contribution in [0.3, 0.4) is 0 Å². The molecule has 1 aliphatic heterocycles. The van der Waals surface area contributed by atoms with Crippen molar-refractivity contribution in [2.75, 3.05) is 19.7 Å². The Kier molecular flexibility index (Phi) is 3.78. The monoisotopic (exact) mass is 225 g/mol. The fourth-order valence-electron chi connectivity index (χ4n) is 2.21. The molecule has 0 spiro atoms. The highest BCUT2D eigenvalue weighted by atomic mass is 32.1. The van der Waals surface area contributed by atoms with E-state index in [4.69, 9.17) is 5.11 Å². The van der Waals surface area contributed by atoms with Crippen LogP contribution in [0.4, 0.5) is 0 Å². The first kappa shape index (κ1) is 11.1. The van der Waals surface area contributed by atoms with Gasteiger partial charge in [0.25, 0.3) is 0 Å². The molecule has 1 aliphatic rings. The molecule has 0 amide bonds. The molecular formula is C12H19NOS. The Morgan fingerprint density at radius 2 is 2.47 bits per heavy atom. The summed E-state index contributed by atoms with van der Waals surface area (Å²) in [4.78, 5) is 3.96. The molecule has 0 bridgehead atoms. The maximum atomic E-state index is 9.17. The smallest absolute Gasteiger partial charge is 0.0471 e. The first-order valence-corrected chi connectivity index (χ1v) is 6.53. The van der Waals surface area contributed by atoms with Crippen LogP contribution in [-0.4, -0.2) is 29.7 Å². The molecule has 2 rings (SSSR count). The minimum absolute atomic E-state index is 0.347. The summed E-state index contributed by atoms with van der Waals surface area (Å²) in [6.45, 7) is 5.85. The molecule has 2 nitrogen and oxygen atoms in total. The van der Waals surface area contributed by atoms with Crippen molar-refractivity contribution in [1.29, 1.82) is 0 Å². The van der Waals surface area contributed by atoms with Gasteiger partial charge in [-0.2, -0.15) is 0 Å². The fraction of sp³-hybridized carbons (Fsp3) is 0.667. The largest absolute Gasteiger partial charge is 0.396 e. The summed E-state index contributed by atoms with van der Waals surface area (Å²) in [5.41, 5.74) is 1.41. The van der Waals surface area contributed by atoms with Gasteiger partial charge in [-0.05, 0) is 49.2 Å². The standard InChI is InChI=1S/C12H19NOS/c1-10-4-6-15-12(10)8-13-5-2-3-11(7-13)9-14/h4,6,11,14H,2-3,5,7-9H2,1H3. The summed E-state index contributed by atoms with van der Waals surface area (Å²) < 4.78 is 0. The summed E-state index contributed by atoms with van der Waals surface area (Å²) in [5, 5.41) is 11.3. The lowest BCUT2D eigenvalue weighted by atomic mass is 9.99. The Bertz CT molecular complexity index is 310. The molecule has 0 saturated carbocycles. The highest BCUT2D eigenvalue weighted by molar-refractivity contribution is 7.10. The highest BCUT2D eigenvalue weighted by Crippen LogP contribution is 2.22. The van der Waals surface area contributed by atoms with Crippen molar-refractivity contribution in [3.63, 3.8) is 0 Å². The third-order valence-electron chi connectivity index (χ3n) is 3.20. The van der Waals surface area contributed by atoms with E-state index in [0.717, 1.165) is 13.1 Å². The van der Waals surface area contributed by atoms with Crippen LogP contribution < -0.4 is 0 Å². The van der Waals surface area contributed by atoms with Crippen molar-refractivity contribution < 1.29 is 5.11 Å². The lowest BCUT2D eigenvalue weighted by Gasteiger charge is -2.31. The lowest BCUT2D eigenvalue weighted by molar-refractivity contribution is 0.116. The third kappa shape index (κ3) is 2.80. The number of aryl methyl sites for hydroxylation is 1. The Hall–Kier alpha value is -0.380. The number of aliphatic hydroxyl groups excluding tert-OH is 1. The topological polar surface area (TPSA) is 23.5 Å². The second-order valence-corrected chi connectivity index (χ2v) is 5.45. The zero-order chi connectivity index (χ0) is 10.7. The van der Waals surface area contributed by atoms with Crippen molar-refractivity contribution in [3.05, 3.63) is 21.9 Å². The Labute approximate surface area is 95.5 Å². The van der Waals surface area contributed by atoms with E-state index in [1.54, 1.807) is 0 Å². The summed E-state index contributed by atoms with van der Waals surface area (Å²) in [6.07, 6.45) is 2.42. The van der Waals surface area contributed by atoms with Gasteiger partial charge < -0.3 is 5.11 Å². The van der Waals surface area contributed by atoms with E-state index in [1.807, 2.05) is 11.3 Å². The van der Waals surface area contributed by atoms with E-state index in [-0.39, 0.29) is 0 Å². The van der Waals surface area contributed by atoms with E-state index < -0.39 is 0 Å². The van der Waals surface area contributed by atoms with Gasteiger partial charge in [-0.3, -0.25) is 4.90 Å². The lowest BCUT2D eigenvalue weighted by Crippen LogP contribution is -2.36. The second kappa shape index (κ2) is 5.10. The van der Waals surface area contributed by atoms with Gasteiger partial charge in [0, 0.05) is 24.6 Å². The summed E-state index contributed by atoms with van der Waals surface area (Å²) >= 11 is 1.85. The van der Waals surface area contributed by atoms with Crippen molar-refractivity contribution in [3.8, 4) is 0 Å². The number of likely N-dealkylation sites (tertiary alicyclic amines) is 1. The predicted octanol–water partition coefficient (Wildman–Crippen LogP) is 2.26. The van der Waals surface area contributed by atoms with Crippen molar-refractivity contribution in [1.82, 2.24) is 4.90 Å². The van der Waals surface area contributed by atoms with Gasteiger partial charge in [0.2, 0.25) is 0 Å². The van der Waals surface area contributed by atoms with Crippen LogP contribution in [0.5, 0.6) is 0 Å². The van der Waals surface area contributed by atoms with Crippen LogP contribution >= 0.6 is 11.3 Å². The molecule has 0 radical (unpaired) electrons. The Morgan fingerprint density at radius 3 is 3.13 bits per heavy atom. The number of hydrogen-bond donors (Lipinski definition) is 1. The van der Waals surface area contributed by atoms with Gasteiger partial charge in [0.15, 0.2) is 0 Å². The van der Waals surface area contributed by atoms with Gasteiger partial charge >= 0.3 is 0 Å². The van der Waals surface area contributed by atoms with E-state index in [2.05, 4.69) is 23.3 Å². The molecule has 1 saturated heterocycles. The molecule has 1 aromatic heterocycles. The van der Waals surface area contributed by atoms with Crippen LogP contribution in [0.2, 0.25) is 0 Å². The van der Waals surface area contributed by atoms with Crippen LogP contribution in [-0.2, 0) is 6.54 Å². The molecule has 3 heteroatoms. The molecule has 15 heavy (non-hydrogen) atoms. The zero-order valence-electron chi connectivity index (χ0n) is 9.28. The number of hydrogen-bond acceptors (Lipinski definition) is 3. The maximum Gasteiger partial charge on any atom is 0.0471 e. The first-order valence-electron chi connectivity index (χ1n) is 5.66. The molecular weight excluding hydrogens is 206 g/mol. The van der Waals surface area contributed by atoms with E-state index in [9.17, 15) is 0 Å². The molecule has 84 valence electrons. The van der Waals surface area contributed by atoms with Crippen LogP contribution in [0, 0.1) is 12.8 Å². The van der Waals surface area contributed by atoms with E-state index in [0.29, 0.717) is 12.5 Å². The maximum absolute atomic E-state index is 9.17. The molecule has 1 atom stereocenters. The van der Waals surface area contributed by atoms with Crippen LogP contribution in [0.25, 0.3) is 0 Å². The van der Waals surface area contributed by atoms with Gasteiger partial charge in [0.05, 0.1) is 0 Å². The average Bonchev–Trinajstić information content (AvgIpc) is 2.65. The van der Waals surface area contributed by atoms with Gasteiger partial charge in [-0.25, -0.2) is 0 Å².